The van der Waals surface area contributed by atoms with E-state index in [2.05, 4.69) is 5.32 Å². The number of nitrogens with one attached hydrogen (secondary N) is 1. The van der Waals surface area contributed by atoms with Crippen molar-refractivity contribution in [3.8, 4) is 0 Å². The Kier molecular flexibility index (Phi) is 5.98. The van der Waals surface area contributed by atoms with Crippen LogP contribution in [-0.4, -0.2) is 11.7 Å². The lowest BCUT2D eigenvalue weighted by atomic mass is 10.2. The van der Waals surface area contributed by atoms with E-state index in [1.54, 1.807) is 36.4 Å². The summed E-state index contributed by atoms with van der Waals surface area (Å²) in [5.41, 5.74) is 1.27. The van der Waals surface area contributed by atoms with Crippen molar-refractivity contribution in [2.75, 3.05) is 5.32 Å². The van der Waals surface area contributed by atoms with Crippen molar-refractivity contribution < 1.29 is 13.6 Å². The van der Waals surface area contributed by atoms with Crippen LogP contribution in [0.15, 0.2) is 59.5 Å². The standard InChI is InChI=1S/C16H12ClF2NOS/c17-14-4-2-1-3-11(14)5-10-15(21)20-12-6-8-13(9-7-12)22-16(18)19/h1-10,16H,(H,20,21)/b10-5+. The van der Waals surface area contributed by atoms with Crippen molar-refractivity contribution in [2.24, 2.45) is 0 Å². The van der Waals surface area contributed by atoms with E-state index in [0.29, 0.717) is 27.4 Å². The third-order valence-electron chi connectivity index (χ3n) is 2.67. The number of hydrogen-bond acceptors (Lipinski definition) is 2. The second-order valence-electron chi connectivity index (χ2n) is 4.25. The number of benzene rings is 2. The van der Waals surface area contributed by atoms with Crippen molar-refractivity contribution in [1.82, 2.24) is 0 Å². The Balaban J connectivity index is 1.96. The molecule has 0 aromatic heterocycles. The number of carbonyl (C=O) groups is 1. The summed E-state index contributed by atoms with van der Waals surface area (Å²) in [7, 11) is 0. The van der Waals surface area contributed by atoms with Gasteiger partial charge in [-0.05, 0) is 42.0 Å². The molecule has 0 fully saturated rings. The van der Waals surface area contributed by atoms with E-state index in [0.717, 1.165) is 5.56 Å². The maximum atomic E-state index is 12.2. The molecule has 0 spiro atoms. The number of alkyl halides is 2. The highest BCUT2D eigenvalue weighted by molar-refractivity contribution is 7.99. The van der Waals surface area contributed by atoms with E-state index < -0.39 is 5.76 Å². The maximum absolute atomic E-state index is 12.2. The van der Waals surface area contributed by atoms with Crippen molar-refractivity contribution in [1.29, 1.82) is 0 Å². The molecule has 0 saturated carbocycles. The second-order valence-corrected chi connectivity index (χ2v) is 5.72. The van der Waals surface area contributed by atoms with Gasteiger partial charge in [-0.2, -0.15) is 8.78 Å². The van der Waals surface area contributed by atoms with Crippen molar-refractivity contribution in [2.45, 2.75) is 10.7 Å². The molecule has 2 rings (SSSR count). The predicted molar refractivity (Wildman–Crippen MR) is 87.4 cm³/mol. The third kappa shape index (κ3) is 5.16. The quantitative estimate of drug-likeness (QED) is 0.591. The number of rotatable bonds is 5. The van der Waals surface area contributed by atoms with E-state index in [-0.39, 0.29) is 5.91 Å². The van der Waals surface area contributed by atoms with Crippen LogP contribution in [0.4, 0.5) is 14.5 Å². The SMILES string of the molecule is O=C(/C=C/c1ccccc1Cl)Nc1ccc(SC(F)F)cc1. The van der Waals surface area contributed by atoms with Gasteiger partial charge in [-0.1, -0.05) is 41.6 Å². The summed E-state index contributed by atoms with van der Waals surface area (Å²) in [6, 6.07) is 13.4. The van der Waals surface area contributed by atoms with Crippen LogP contribution in [0.1, 0.15) is 5.56 Å². The fraction of sp³-hybridized carbons (Fsp3) is 0.0625. The van der Waals surface area contributed by atoms with Gasteiger partial charge in [-0.3, -0.25) is 4.79 Å². The zero-order valence-electron chi connectivity index (χ0n) is 11.3. The van der Waals surface area contributed by atoms with Gasteiger partial charge in [0.05, 0.1) is 0 Å². The largest absolute Gasteiger partial charge is 0.323 e. The molecule has 6 heteroatoms. The summed E-state index contributed by atoms with van der Waals surface area (Å²) in [5, 5.41) is 3.20. The molecule has 0 heterocycles. The fourth-order valence-corrected chi connectivity index (χ4v) is 2.38. The van der Waals surface area contributed by atoms with Crippen LogP contribution in [0.3, 0.4) is 0 Å². The van der Waals surface area contributed by atoms with Gasteiger partial charge in [-0.15, -0.1) is 0 Å². The maximum Gasteiger partial charge on any atom is 0.288 e. The third-order valence-corrected chi connectivity index (χ3v) is 3.73. The smallest absolute Gasteiger partial charge is 0.288 e. The normalized spacial score (nSPS) is 11.1. The Morgan fingerprint density at radius 1 is 1.14 bits per heavy atom. The highest BCUT2D eigenvalue weighted by Gasteiger charge is 2.05. The number of anilines is 1. The molecule has 0 atom stereocenters. The highest BCUT2D eigenvalue weighted by atomic mass is 35.5. The van der Waals surface area contributed by atoms with E-state index >= 15 is 0 Å². The molecular formula is C16H12ClF2NOS. The van der Waals surface area contributed by atoms with Gasteiger partial charge in [0.15, 0.2) is 0 Å². The summed E-state index contributed by atoms with van der Waals surface area (Å²) in [6.45, 7) is 0. The van der Waals surface area contributed by atoms with Crippen molar-refractivity contribution in [3.63, 3.8) is 0 Å². The molecule has 2 aromatic rings. The molecule has 0 aliphatic rings. The first-order chi connectivity index (χ1) is 10.5. The molecule has 0 aliphatic carbocycles. The average Bonchev–Trinajstić information content (AvgIpc) is 2.48. The Bertz CT molecular complexity index is 674. The summed E-state index contributed by atoms with van der Waals surface area (Å²) in [4.78, 5) is 12.2. The molecule has 0 bridgehead atoms. The first-order valence-electron chi connectivity index (χ1n) is 6.33. The van der Waals surface area contributed by atoms with Crippen LogP contribution in [0.2, 0.25) is 5.02 Å². The molecule has 1 N–H and O–H groups in total. The van der Waals surface area contributed by atoms with Gasteiger partial charge >= 0.3 is 0 Å². The Labute approximate surface area is 136 Å². The van der Waals surface area contributed by atoms with Crippen LogP contribution in [0, 0.1) is 0 Å². The minimum Gasteiger partial charge on any atom is -0.323 e. The Hall–Kier alpha value is -1.85. The molecule has 0 aliphatic heterocycles. The first-order valence-corrected chi connectivity index (χ1v) is 7.59. The summed E-state index contributed by atoms with van der Waals surface area (Å²) < 4.78 is 24.4. The van der Waals surface area contributed by atoms with Crippen LogP contribution in [0.5, 0.6) is 0 Å². The Morgan fingerprint density at radius 3 is 2.45 bits per heavy atom. The van der Waals surface area contributed by atoms with Gasteiger partial charge in [0.1, 0.15) is 0 Å². The molecule has 0 unspecified atom stereocenters. The topological polar surface area (TPSA) is 29.1 Å². The van der Waals surface area contributed by atoms with E-state index in [4.69, 9.17) is 11.6 Å². The van der Waals surface area contributed by atoms with E-state index in [1.165, 1.54) is 18.2 Å². The number of halogens is 3. The molecule has 22 heavy (non-hydrogen) atoms. The molecular weight excluding hydrogens is 328 g/mol. The highest BCUT2D eigenvalue weighted by Crippen LogP contribution is 2.26. The number of thioether (sulfide) groups is 1. The van der Waals surface area contributed by atoms with Gasteiger partial charge in [-0.25, -0.2) is 0 Å². The summed E-state index contributed by atoms with van der Waals surface area (Å²) in [6.07, 6.45) is 2.97. The van der Waals surface area contributed by atoms with Crippen LogP contribution < -0.4 is 5.32 Å². The predicted octanol–water partition coefficient (Wildman–Crippen LogP) is 5.31. The molecule has 1 amide bonds. The van der Waals surface area contributed by atoms with Crippen LogP contribution >= 0.6 is 23.4 Å². The van der Waals surface area contributed by atoms with Gasteiger partial charge in [0.2, 0.25) is 5.91 Å². The average molecular weight is 340 g/mol. The lowest BCUT2D eigenvalue weighted by Gasteiger charge is -2.04. The molecule has 2 aromatic carbocycles. The Morgan fingerprint density at radius 2 is 1.82 bits per heavy atom. The van der Waals surface area contributed by atoms with Crippen molar-refractivity contribution >= 4 is 41.0 Å². The zero-order valence-corrected chi connectivity index (χ0v) is 12.9. The summed E-state index contributed by atoms with van der Waals surface area (Å²) >= 11 is 6.44. The monoisotopic (exact) mass is 339 g/mol. The minimum absolute atomic E-state index is 0.325. The van der Waals surface area contributed by atoms with Gasteiger partial charge in [0, 0.05) is 21.7 Å². The number of amides is 1. The van der Waals surface area contributed by atoms with Crippen LogP contribution in [0.25, 0.3) is 6.08 Å². The molecule has 114 valence electrons. The number of hydrogen-bond donors (Lipinski definition) is 1. The summed E-state index contributed by atoms with van der Waals surface area (Å²) in [5.74, 6) is -2.78. The first kappa shape index (κ1) is 16.5. The molecule has 0 radical (unpaired) electrons. The zero-order chi connectivity index (χ0) is 15.9. The van der Waals surface area contributed by atoms with Crippen molar-refractivity contribution in [3.05, 3.63) is 65.2 Å². The lowest BCUT2D eigenvalue weighted by molar-refractivity contribution is -0.111. The van der Waals surface area contributed by atoms with E-state index in [9.17, 15) is 13.6 Å². The van der Waals surface area contributed by atoms with E-state index in [1.807, 2.05) is 6.07 Å². The molecule has 0 saturated heterocycles. The number of carbonyl (C=O) groups excluding carboxylic acids is 1. The lowest BCUT2D eigenvalue weighted by Crippen LogP contribution is -2.07. The fourth-order valence-electron chi connectivity index (χ4n) is 1.68. The van der Waals surface area contributed by atoms with Crippen LogP contribution in [-0.2, 0) is 4.79 Å². The molecule has 2 nitrogen and oxygen atoms in total. The minimum atomic E-state index is -2.46. The van der Waals surface area contributed by atoms with Gasteiger partial charge < -0.3 is 5.32 Å². The van der Waals surface area contributed by atoms with Gasteiger partial charge in [0.25, 0.3) is 5.76 Å². The second kappa shape index (κ2) is 7.96.